The van der Waals surface area contributed by atoms with Crippen LogP contribution in [0.1, 0.15) is 18.4 Å². The van der Waals surface area contributed by atoms with Crippen molar-refractivity contribution in [1.29, 1.82) is 0 Å². The molecule has 0 aliphatic carbocycles. The van der Waals surface area contributed by atoms with Crippen LogP contribution in [0.2, 0.25) is 0 Å². The van der Waals surface area contributed by atoms with E-state index in [4.69, 9.17) is 10.9 Å². The number of hydrogen-bond acceptors (Lipinski definition) is 5. The van der Waals surface area contributed by atoms with Crippen LogP contribution in [0.25, 0.3) is 5.70 Å². The Morgan fingerprint density at radius 3 is 2.80 bits per heavy atom. The Labute approximate surface area is 123 Å². The van der Waals surface area contributed by atoms with Crippen LogP contribution in [0.4, 0.5) is 4.39 Å². The van der Waals surface area contributed by atoms with E-state index >= 15 is 0 Å². The Hall–Kier alpha value is -1.24. The van der Waals surface area contributed by atoms with Crippen LogP contribution in [0.15, 0.2) is 30.5 Å². The van der Waals surface area contributed by atoms with Crippen LogP contribution in [-0.4, -0.2) is 23.9 Å². The number of nitrogens with one attached hydrogen (secondary N) is 1. The van der Waals surface area contributed by atoms with Gasteiger partial charge in [-0.1, -0.05) is 12.1 Å². The van der Waals surface area contributed by atoms with Crippen LogP contribution in [-0.2, 0) is 0 Å². The van der Waals surface area contributed by atoms with E-state index in [1.807, 2.05) is 6.07 Å². The van der Waals surface area contributed by atoms with Crippen molar-refractivity contribution in [3.05, 3.63) is 41.8 Å². The van der Waals surface area contributed by atoms with Crippen molar-refractivity contribution < 1.29 is 4.39 Å². The van der Waals surface area contributed by atoms with Gasteiger partial charge in [-0.15, -0.1) is 0 Å². The zero-order chi connectivity index (χ0) is 14.4. The van der Waals surface area contributed by atoms with Gasteiger partial charge in [0.25, 0.3) is 0 Å². The average Bonchev–Trinajstić information content (AvgIpc) is 2.48. The lowest BCUT2D eigenvalue weighted by Gasteiger charge is -2.30. The van der Waals surface area contributed by atoms with E-state index in [1.54, 1.807) is 6.07 Å². The second-order valence-corrected chi connectivity index (χ2v) is 5.68. The third kappa shape index (κ3) is 4.13. The topological polar surface area (TPSA) is 67.3 Å². The first kappa shape index (κ1) is 15.2. The SMILES string of the molecule is N/C=C(\NCC1CCN(SN)CC1)c1cccc(F)c1. The zero-order valence-corrected chi connectivity index (χ0v) is 12.2. The van der Waals surface area contributed by atoms with Gasteiger partial charge < -0.3 is 11.1 Å². The summed E-state index contributed by atoms with van der Waals surface area (Å²) < 4.78 is 15.4. The number of piperidine rings is 1. The van der Waals surface area contributed by atoms with Crippen molar-refractivity contribution in [3.8, 4) is 0 Å². The van der Waals surface area contributed by atoms with E-state index < -0.39 is 0 Å². The highest BCUT2D eigenvalue weighted by molar-refractivity contribution is 7.94. The van der Waals surface area contributed by atoms with Crippen molar-refractivity contribution in [2.75, 3.05) is 19.6 Å². The van der Waals surface area contributed by atoms with Crippen LogP contribution >= 0.6 is 12.1 Å². The smallest absolute Gasteiger partial charge is 0.123 e. The molecule has 20 heavy (non-hydrogen) atoms. The minimum Gasteiger partial charge on any atom is -0.403 e. The molecule has 1 aromatic carbocycles. The Kier molecular flexibility index (Phi) is 5.70. The summed E-state index contributed by atoms with van der Waals surface area (Å²) in [5.74, 6) is 0.346. The molecule has 0 atom stereocenters. The molecular weight excluding hydrogens is 275 g/mol. The van der Waals surface area contributed by atoms with Crippen molar-refractivity contribution in [2.45, 2.75) is 12.8 Å². The van der Waals surface area contributed by atoms with Crippen LogP contribution in [0.5, 0.6) is 0 Å². The molecule has 1 aliphatic rings. The van der Waals surface area contributed by atoms with Crippen molar-refractivity contribution in [3.63, 3.8) is 0 Å². The van der Waals surface area contributed by atoms with Crippen LogP contribution < -0.4 is 16.2 Å². The average molecular weight is 296 g/mol. The third-order valence-corrected chi connectivity index (χ3v) is 4.27. The zero-order valence-electron chi connectivity index (χ0n) is 11.4. The van der Waals surface area contributed by atoms with E-state index in [-0.39, 0.29) is 5.82 Å². The van der Waals surface area contributed by atoms with Crippen molar-refractivity contribution >= 4 is 17.8 Å². The highest BCUT2D eigenvalue weighted by atomic mass is 32.2. The first-order chi connectivity index (χ1) is 9.72. The minimum atomic E-state index is -0.253. The monoisotopic (exact) mass is 296 g/mol. The van der Waals surface area contributed by atoms with E-state index in [9.17, 15) is 4.39 Å². The van der Waals surface area contributed by atoms with Gasteiger partial charge in [-0.25, -0.2) is 8.70 Å². The second kappa shape index (κ2) is 7.52. The number of nitrogens with two attached hydrogens (primary N) is 2. The Balaban J connectivity index is 1.86. The molecule has 1 aliphatic heterocycles. The molecule has 1 fully saturated rings. The Morgan fingerprint density at radius 2 is 2.20 bits per heavy atom. The summed E-state index contributed by atoms with van der Waals surface area (Å²) in [5.41, 5.74) is 7.20. The standard InChI is InChI=1S/C14H21FN4S/c15-13-3-1-2-12(8-13)14(9-16)18-10-11-4-6-19(20-17)7-5-11/h1-3,8-9,11,18H,4-7,10,16-17H2/b14-9-. The molecule has 4 nitrogen and oxygen atoms in total. The summed E-state index contributed by atoms with van der Waals surface area (Å²) in [6, 6.07) is 6.45. The molecule has 0 spiro atoms. The van der Waals surface area contributed by atoms with Gasteiger partial charge >= 0.3 is 0 Å². The van der Waals surface area contributed by atoms with Gasteiger partial charge in [0.15, 0.2) is 0 Å². The minimum absolute atomic E-state index is 0.253. The van der Waals surface area contributed by atoms with Crippen LogP contribution in [0, 0.1) is 11.7 Å². The number of hydrogen-bond donors (Lipinski definition) is 3. The van der Waals surface area contributed by atoms with Crippen LogP contribution in [0.3, 0.4) is 0 Å². The fraction of sp³-hybridized carbons (Fsp3) is 0.429. The quantitative estimate of drug-likeness (QED) is 0.724. The molecule has 1 aromatic rings. The lowest BCUT2D eigenvalue weighted by Crippen LogP contribution is -2.34. The predicted octanol–water partition coefficient (Wildman–Crippen LogP) is 1.91. The van der Waals surface area contributed by atoms with Gasteiger partial charge in [0.2, 0.25) is 0 Å². The molecule has 0 bridgehead atoms. The molecule has 6 heteroatoms. The van der Waals surface area contributed by atoms with E-state index in [2.05, 4.69) is 9.62 Å². The number of benzene rings is 1. The summed E-state index contributed by atoms with van der Waals surface area (Å²) in [7, 11) is 0. The largest absolute Gasteiger partial charge is 0.403 e. The number of nitrogens with zero attached hydrogens (tertiary/aromatic N) is 1. The van der Waals surface area contributed by atoms with Gasteiger partial charge in [-0.2, -0.15) is 0 Å². The molecule has 5 N–H and O–H groups in total. The normalized spacial score (nSPS) is 18.2. The maximum Gasteiger partial charge on any atom is 0.123 e. The first-order valence-corrected chi connectivity index (χ1v) is 7.60. The second-order valence-electron chi connectivity index (χ2n) is 4.95. The van der Waals surface area contributed by atoms with Gasteiger partial charge in [-0.3, -0.25) is 5.14 Å². The molecule has 1 heterocycles. The van der Waals surface area contributed by atoms with Gasteiger partial charge in [-0.05, 0) is 30.9 Å². The highest BCUT2D eigenvalue weighted by Crippen LogP contribution is 2.20. The van der Waals surface area contributed by atoms with Gasteiger partial charge in [0.1, 0.15) is 5.82 Å². The molecule has 0 aromatic heterocycles. The maximum atomic E-state index is 13.2. The predicted molar refractivity (Wildman–Crippen MR) is 82.6 cm³/mol. The summed E-state index contributed by atoms with van der Waals surface area (Å²) >= 11 is 1.32. The van der Waals surface area contributed by atoms with Gasteiger partial charge in [0, 0.05) is 43.5 Å². The lowest BCUT2D eigenvalue weighted by molar-refractivity contribution is 0.290. The lowest BCUT2D eigenvalue weighted by atomic mass is 9.98. The number of rotatable bonds is 5. The summed E-state index contributed by atoms with van der Waals surface area (Å²) in [6.07, 6.45) is 3.72. The fourth-order valence-corrected chi connectivity index (χ4v) is 2.81. The van der Waals surface area contributed by atoms with Crippen molar-refractivity contribution in [1.82, 2.24) is 9.62 Å². The van der Waals surface area contributed by atoms with Gasteiger partial charge in [0.05, 0.1) is 5.70 Å². The fourth-order valence-electron chi connectivity index (χ4n) is 2.39. The third-order valence-electron chi connectivity index (χ3n) is 3.61. The summed E-state index contributed by atoms with van der Waals surface area (Å²) in [6.45, 7) is 2.87. The first-order valence-electron chi connectivity index (χ1n) is 6.76. The number of halogens is 1. The molecule has 0 saturated carbocycles. The molecule has 0 radical (unpaired) electrons. The molecular formula is C14H21FN4S. The molecule has 1 saturated heterocycles. The van der Waals surface area contributed by atoms with E-state index in [1.165, 1.54) is 30.5 Å². The molecule has 0 unspecified atom stereocenters. The van der Waals surface area contributed by atoms with Crippen molar-refractivity contribution in [2.24, 2.45) is 16.8 Å². The summed E-state index contributed by atoms with van der Waals surface area (Å²) in [5, 5.41) is 8.88. The maximum absolute atomic E-state index is 13.2. The van der Waals surface area contributed by atoms with E-state index in [0.717, 1.165) is 43.7 Å². The summed E-state index contributed by atoms with van der Waals surface area (Å²) in [4.78, 5) is 0. The molecule has 2 rings (SSSR count). The molecule has 0 amide bonds. The Bertz CT molecular complexity index is 458. The Morgan fingerprint density at radius 1 is 1.45 bits per heavy atom. The highest BCUT2D eigenvalue weighted by Gasteiger charge is 2.19. The molecule has 110 valence electrons. The van der Waals surface area contributed by atoms with E-state index in [0.29, 0.717) is 5.92 Å².